The summed E-state index contributed by atoms with van der Waals surface area (Å²) in [5.41, 5.74) is 0.375. The van der Waals surface area contributed by atoms with Crippen LogP contribution in [0.4, 0.5) is 11.4 Å². The van der Waals surface area contributed by atoms with Gasteiger partial charge < -0.3 is 5.32 Å². The summed E-state index contributed by atoms with van der Waals surface area (Å²) in [6.45, 7) is 3.70. The predicted octanol–water partition coefficient (Wildman–Crippen LogP) is 2.21. The van der Waals surface area contributed by atoms with Crippen LogP contribution in [-0.4, -0.2) is 10.8 Å². The van der Waals surface area contributed by atoms with E-state index in [1.807, 2.05) is 6.92 Å². The Hall–Kier alpha value is -1.91. The minimum absolute atomic E-state index is 0.0389. The van der Waals surface area contributed by atoms with Gasteiger partial charge in [-0.3, -0.25) is 14.9 Å². The van der Waals surface area contributed by atoms with Gasteiger partial charge in [0, 0.05) is 6.07 Å². The minimum Gasteiger partial charge on any atom is -0.319 e. The molecule has 0 radical (unpaired) electrons. The second-order valence-corrected chi connectivity index (χ2v) is 4.10. The molecule has 2 rings (SSSR count). The van der Waals surface area contributed by atoms with Crippen LogP contribution in [0.2, 0.25) is 0 Å². The van der Waals surface area contributed by atoms with E-state index in [0.717, 1.165) is 0 Å². The molecular formula is C11H12N2O3. The minimum atomic E-state index is -0.651. The number of fused-ring (bicyclic) bond motifs is 1. The molecule has 1 aromatic carbocycles. The molecule has 84 valence electrons. The maximum absolute atomic E-state index is 11.8. The van der Waals surface area contributed by atoms with Gasteiger partial charge in [-0.05, 0) is 18.9 Å². The average Bonchev–Trinajstić information content (AvgIpc) is 2.52. The van der Waals surface area contributed by atoms with Gasteiger partial charge >= 0.3 is 0 Å². The third kappa shape index (κ3) is 1.21. The van der Waals surface area contributed by atoms with Crippen LogP contribution in [0.3, 0.4) is 0 Å². The largest absolute Gasteiger partial charge is 0.319 e. The Labute approximate surface area is 92.6 Å². The Morgan fingerprint density at radius 2 is 2.19 bits per heavy atom. The number of hydrogen-bond donors (Lipinski definition) is 1. The topological polar surface area (TPSA) is 72.2 Å². The first-order valence-corrected chi connectivity index (χ1v) is 5.10. The molecule has 0 saturated heterocycles. The normalized spacial score (nSPS) is 22.8. The van der Waals surface area contributed by atoms with E-state index >= 15 is 0 Å². The van der Waals surface area contributed by atoms with Gasteiger partial charge in [-0.2, -0.15) is 0 Å². The zero-order valence-corrected chi connectivity index (χ0v) is 9.11. The Morgan fingerprint density at radius 3 is 2.75 bits per heavy atom. The molecule has 1 unspecified atom stereocenters. The van der Waals surface area contributed by atoms with Crippen molar-refractivity contribution in [2.75, 3.05) is 5.32 Å². The van der Waals surface area contributed by atoms with Crippen molar-refractivity contribution in [3.63, 3.8) is 0 Å². The first-order chi connectivity index (χ1) is 7.50. The van der Waals surface area contributed by atoms with Crippen LogP contribution in [0.1, 0.15) is 25.8 Å². The summed E-state index contributed by atoms with van der Waals surface area (Å²) in [6.07, 6.45) is 0.618. The summed E-state index contributed by atoms with van der Waals surface area (Å²) >= 11 is 0. The molecule has 5 heteroatoms. The number of para-hydroxylation sites is 1. The van der Waals surface area contributed by atoms with Gasteiger partial charge in [0.25, 0.3) is 5.69 Å². The van der Waals surface area contributed by atoms with Gasteiger partial charge in [0.1, 0.15) is 5.69 Å². The van der Waals surface area contributed by atoms with E-state index in [-0.39, 0.29) is 11.6 Å². The van der Waals surface area contributed by atoms with Crippen molar-refractivity contribution in [2.24, 2.45) is 0 Å². The smallest absolute Gasteiger partial charge is 0.293 e. The van der Waals surface area contributed by atoms with Gasteiger partial charge in [0.05, 0.1) is 10.3 Å². The number of nitro benzene ring substituents is 1. The third-order valence-electron chi connectivity index (χ3n) is 3.28. The SMILES string of the molecule is CCC1(C)C(=O)Nc2c([N+](=O)[O-])cccc21. The second kappa shape index (κ2) is 3.30. The van der Waals surface area contributed by atoms with Crippen LogP contribution >= 0.6 is 0 Å². The molecular weight excluding hydrogens is 208 g/mol. The number of nitro groups is 1. The predicted molar refractivity (Wildman–Crippen MR) is 59.4 cm³/mol. The molecule has 0 saturated carbocycles. The van der Waals surface area contributed by atoms with Crippen molar-refractivity contribution < 1.29 is 9.72 Å². The lowest BCUT2D eigenvalue weighted by Gasteiger charge is -2.19. The second-order valence-electron chi connectivity index (χ2n) is 4.10. The molecule has 1 amide bonds. The quantitative estimate of drug-likeness (QED) is 0.613. The molecule has 5 nitrogen and oxygen atoms in total. The summed E-state index contributed by atoms with van der Waals surface area (Å²) in [6, 6.07) is 4.79. The van der Waals surface area contributed by atoms with E-state index in [4.69, 9.17) is 0 Å². The van der Waals surface area contributed by atoms with E-state index in [1.165, 1.54) is 6.07 Å². The van der Waals surface area contributed by atoms with Gasteiger partial charge in [-0.25, -0.2) is 0 Å². The van der Waals surface area contributed by atoms with Gasteiger partial charge in [-0.1, -0.05) is 19.1 Å². The molecule has 1 aliphatic heterocycles. The van der Waals surface area contributed by atoms with Crippen LogP contribution in [0.5, 0.6) is 0 Å². The van der Waals surface area contributed by atoms with Crippen LogP contribution in [0, 0.1) is 10.1 Å². The first-order valence-electron chi connectivity index (χ1n) is 5.10. The Balaban J connectivity index is 2.66. The third-order valence-corrected chi connectivity index (χ3v) is 3.28. The summed E-state index contributed by atoms with van der Waals surface area (Å²) < 4.78 is 0. The molecule has 0 spiro atoms. The van der Waals surface area contributed by atoms with Crippen LogP contribution < -0.4 is 5.32 Å². The van der Waals surface area contributed by atoms with Crippen molar-refractivity contribution >= 4 is 17.3 Å². The fourth-order valence-electron chi connectivity index (χ4n) is 2.01. The molecule has 0 aliphatic carbocycles. The molecule has 1 heterocycles. The number of hydrogen-bond acceptors (Lipinski definition) is 3. The van der Waals surface area contributed by atoms with Gasteiger partial charge in [0.15, 0.2) is 0 Å². The monoisotopic (exact) mass is 220 g/mol. The fraction of sp³-hybridized carbons (Fsp3) is 0.364. The van der Waals surface area contributed by atoms with Crippen molar-refractivity contribution in [3.05, 3.63) is 33.9 Å². The molecule has 1 aliphatic rings. The van der Waals surface area contributed by atoms with E-state index in [1.54, 1.807) is 19.1 Å². The molecule has 1 N–H and O–H groups in total. The highest BCUT2D eigenvalue weighted by molar-refractivity contribution is 6.08. The number of rotatable bonds is 2. The lowest BCUT2D eigenvalue weighted by Crippen LogP contribution is -2.29. The van der Waals surface area contributed by atoms with Crippen molar-refractivity contribution in [3.8, 4) is 0 Å². The maximum Gasteiger partial charge on any atom is 0.293 e. The Morgan fingerprint density at radius 1 is 1.50 bits per heavy atom. The van der Waals surface area contributed by atoms with Crippen LogP contribution in [0.25, 0.3) is 0 Å². The van der Waals surface area contributed by atoms with Crippen molar-refractivity contribution in [2.45, 2.75) is 25.7 Å². The number of carbonyl (C=O) groups is 1. The summed E-state index contributed by atoms with van der Waals surface area (Å²) in [5.74, 6) is -0.167. The maximum atomic E-state index is 11.8. The molecule has 16 heavy (non-hydrogen) atoms. The lowest BCUT2D eigenvalue weighted by molar-refractivity contribution is -0.383. The van der Waals surface area contributed by atoms with Crippen molar-refractivity contribution in [1.82, 2.24) is 0 Å². The number of nitrogens with zero attached hydrogens (tertiary/aromatic N) is 1. The molecule has 0 fully saturated rings. The standard InChI is InChI=1S/C11H12N2O3/c1-3-11(2)7-5-4-6-8(13(15)16)9(7)12-10(11)14/h4-6H,3H2,1-2H3,(H,12,14). The van der Waals surface area contributed by atoms with E-state index < -0.39 is 10.3 Å². The fourth-order valence-corrected chi connectivity index (χ4v) is 2.01. The average molecular weight is 220 g/mol. The lowest BCUT2D eigenvalue weighted by atomic mass is 9.81. The molecule has 0 aromatic heterocycles. The highest BCUT2D eigenvalue weighted by Gasteiger charge is 2.43. The van der Waals surface area contributed by atoms with Crippen molar-refractivity contribution in [1.29, 1.82) is 0 Å². The van der Waals surface area contributed by atoms with Crippen LogP contribution in [0.15, 0.2) is 18.2 Å². The van der Waals surface area contributed by atoms with E-state index in [0.29, 0.717) is 17.7 Å². The molecule has 1 aromatic rings. The molecule has 1 atom stereocenters. The Bertz CT molecular complexity index is 484. The van der Waals surface area contributed by atoms with Crippen LogP contribution in [-0.2, 0) is 10.2 Å². The number of anilines is 1. The first kappa shape index (κ1) is 10.6. The summed E-state index contributed by atoms with van der Waals surface area (Å²) in [7, 11) is 0. The summed E-state index contributed by atoms with van der Waals surface area (Å²) in [5, 5.41) is 13.4. The number of benzene rings is 1. The van der Waals surface area contributed by atoms with E-state index in [9.17, 15) is 14.9 Å². The summed E-state index contributed by atoms with van der Waals surface area (Å²) in [4.78, 5) is 22.2. The highest BCUT2D eigenvalue weighted by atomic mass is 16.6. The Kier molecular flexibility index (Phi) is 2.18. The number of carbonyl (C=O) groups excluding carboxylic acids is 1. The van der Waals surface area contributed by atoms with E-state index in [2.05, 4.69) is 5.32 Å². The highest BCUT2D eigenvalue weighted by Crippen LogP contribution is 2.44. The molecule has 0 bridgehead atoms. The number of nitrogens with one attached hydrogen (secondary N) is 1. The zero-order valence-electron chi connectivity index (χ0n) is 9.11. The number of amides is 1. The zero-order chi connectivity index (χ0) is 11.9. The van der Waals surface area contributed by atoms with Gasteiger partial charge in [0.2, 0.25) is 5.91 Å². The van der Waals surface area contributed by atoms with Gasteiger partial charge in [-0.15, -0.1) is 0 Å².